The van der Waals surface area contributed by atoms with Crippen molar-refractivity contribution >= 4 is 23.9 Å². The van der Waals surface area contributed by atoms with Crippen molar-refractivity contribution in [1.29, 1.82) is 0 Å². The Kier molecular flexibility index (Phi) is 8.71. The number of aromatic carboxylic acids is 1. The van der Waals surface area contributed by atoms with E-state index in [0.29, 0.717) is 0 Å². The third kappa shape index (κ3) is 7.08. The number of benzene rings is 2. The Bertz CT molecular complexity index is 1000. The van der Waals surface area contributed by atoms with E-state index in [-0.39, 0.29) is 33.8 Å². The molecule has 8 nitrogen and oxygen atoms in total. The van der Waals surface area contributed by atoms with Gasteiger partial charge in [-0.15, -0.1) is 0 Å². The van der Waals surface area contributed by atoms with Gasteiger partial charge in [0.2, 0.25) is 0 Å². The van der Waals surface area contributed by atoms with Gasteiger partial charge in [-0.1, -0.05) is 37.4 Å². The fourth-order valence-corrected chi connectivity index (χ4v) is 1.79. The van der Waals surface area contributed by atoms with E-state index in [1.807, 2.05) is 0 Å². The number of carboxylic acid groups (broad SMARTS) is 1. The van der Waals surface area contributed by atoms with Crippen LogP contribution in [0.25, 0.3) is 0 Å². The molecule has 2 rings (SSSR count). The smallest absolute Gasteiger partial charge is 0.349 e. The lowest BCUT2D eigenvalue weighted by Gasteiger charge is -2.06. The number of carbonyl (C=O) groups is 4. The summed E-state index contributed by atoms with van der Waals surface area (Å²) in [5.74, 6) is -3.66. The first-order valence-electron chi connectivity index (χ1n) is 8.44. The van der Waals surface area contributed by atoms with Gasteiger partial charge in [0.05, 0.1) is 0 Å². The number of hydrogen-bond donors (Lipinski definition) is 2. The summed E-state index contributed by atoms with van der Waals surface area (Å²) < 4.78 is 9.29. The van der Waals surface area contributed by atoms with Crippen LogP contribution in [0, 0.1) is 0 Å². The number of carboxylic acids is 1. The Balaban J connectivity index is 0.000000300. The quantitative estimate of drug-likeness (QED) is 0.330. The molecule has 2 N–H and O–H groups in total. The molecule has 8 heteroatoms. The van der Waals surface area contributed by atoms with Crippen molar-refractivity contribution in [3.63, 3.8) is 0 Å². The van der Waals surface area contributed by atoms with Gasteiger partial charge in [0.15, 0.2) is 0 Å². The molecule has 30 heavy (non-hydrogen) atoms. The second kappa shape index (κ2) is 11.0. The Morgan fingerprint density at radius 3 is 1.80 bits per heavy atom. The summed E-state index contributed by atoms with van der Waals surface area (Å²) in [4.78, 5) is 44.3. The van der Waals surface area contributed by atoms with E-state index in [1.165, 1.54) is 38.1 Å². The minimum atomic E-state index is -1.14. The highest BCUT2D eigenvalue weighted by atomic mass is 16.6. The summed E-state index contributed by atoms with van der Waals surface area (Å²) >= 11 is 0. The average Bonchev–Trinajstić information content (AvgIpc) is 2.68. The molecule has 0 aromatic heterocycles. The molecule has 0 amide bonds. The van der Waals surface area contributed by atoms with Crippen molar-refractivity contribution in [3.05, 3.63) is 84.0 Å². The van der Waals surface area contributed by atoms with Gasteiger partial charge in [0.1, 0.15) is 22.6 Å². The molecule has 0 spiro atoms. The van der Waals surface area contributed by atoms with Gasteiger partial charge < -0.3 is 19.7 Å². The van der Waals surface area contributed by atoms with E-state index >= 15 is 0 Å². The number of para-hydroxylation sites is 2. The van der Waals surface area contributed by atoms with Gasteiger partial charge in [-0.25, -0.2) is 19.2 Å². The number of carbonyl (C=O) groups excluding carboxylic acids is 3. The standard InChI is InChI=1S/2C11H10O4/c1-7(2)11(14)15-9-6-4-3-5-8(9)10(12)13;1-7(2)10(13)15-11(14)8-5-3-4-6-9(8)12/h3-6H,1H2,2H3,(H,12,13);3-6,12H,1H2,2H3. The van der Waals surface area contributed by atoms with Gasteiger partial charge in [-0.3, -0.25) is 0 Å². The van der Waals surface area contributed by atoms with Crippen LogP contribution >= 0.6 is 0 Å². The van der Waals surface area contributed by atoms with E-state index in [1.54, 1.807) is 24.3 Å². The zero-order valence-corrected chi connectivity index (χ0v) is 16.4. The van der Waals surface area contributed by atoms with Crippen molar-refractivity contribution in [2.75, 3.05) is 0 Å². The van der Waals surface area contributed by atoms with Crippen molar-refractivity contribution in [2.24, 2.45) is 0 Å². The number of aromatic hydroxyl groups is 1. The molecule has 0 unspecified atom stereocenters. The lowest BCUT2D eigenvalue weighted by molar-refractivity contribution is -0.133. The molecule has 2 aromatic carbocycles. The number of phenolic OH excluding ortho intramolecular Hbond substituents is 1. The number of phenols is 1. The van der Waals surface area contributed by atoms with Crippen LogP contribution in [0.15, 0.2) is 72.8 Å². The topological polar surface area (TPSA) is 127 Å². The molecular formula is C22H20O8. The average molecular weight is 412 g/mol. The Labute approximate surface area is 172 Å². The van der Waals surface area contributed by atoms with Crippen molar-refractivity contribution in [3.8, 4) is 11.5 Å². The molecule has 0 saturated heterocycles. The van der Waals surface area contributed by atoms with Crippen LogP contribution in [0.2, 0.25) is 0 Å². The minimum absolute atomic E-state index is 0.0259. The van der Waals surface area contributed by atoms with E-state index < -0.39 is 23.9 Å². The predicted molar refractivity (Wildman–Crippen MR) is 107 cm³/mol. The highest BCUT2D eigenvalue weighted by Crippen LogP contribution is 2.19. The number of rotatable bonds is 5. The maximum atomic E-state index is 11.3. The van der Waals surface area contributed by atoms with E-state index in [4.69, 9.17) is 9.84 Å². The molecule has 2 aromatic rings. The molecule has 0 aliphatic rings. The second-order valence-electron chi connectivity index (χ2n) is 5.95. The summed E-state index contributed by atoms with van der Waals surface area (Å²) in [5.41, 5.74) is 0.244. The molecular weight excluding hydrogens is 392 g/mol. The molecule has 0 bridgehead atoms. The predicted octanol–water partition coefficient (Wildman–Crippen LogP) is 3.52. The second-order valence-corrected chi connectivity index (χ2v) is 5.95. The van der Waals surface area contributed by atoms with Crippen LogP contribution in [0.5, 0.6) is 11.5 Å². The lowest BCUT2D eigenvalue weighted by atomic mass is 10.2. The van der Waals surface area contributed by atoms with Crippen LogP contribution < -0.4 is 4.74 Å². The first kappa shape index (κ1) is 23.8. The Morgan fingerprint density at radius 2 is 1.30 bits per heavy atom. The highest BCUT2D eigenvalue weighted by molar-refractivity contribution is 6.03. The Hall–Kier alpha value is -4.20. The number of ether oxygens (including phenoxy) is 2. The van der Waals surface area contributed by atoms with Crippen LogP contribution in [0.4, 0.5) is 0 Å². The third-order valence-electron chi connectivity index (χ3n) is 3.33. The van der Waals surface area contributed by atoms with Gasteiger partial charge in [-0.2, -0.15) is 0 Å². The first-order valence-corrected chi connectivity index (χ1v) is 8.44. The van der Waals surface area contributed by atoms with Crippen molar-refractivity contribution in [1.82, 2.24) is 0 Å². The lowest BCUT2D eigenvalue weighted by Crippen LogP contribution is -2.12. The largest absolute Gasteiger partial charge is 0.507 e. The maximum absolute atomic E-state index is 11.3. The van der Waals surface area contributed by atoms with Crippen LogP contribution in [-0.2, 0) is 14.3 Å². The van der Waals surface area contributed by atoms with Crippen LogP contribution in [-0.4, -0.2) is 34.1 Å². The van der Waals surface area contributed by atoms with Gasteiger partial charge in [-0.05, 0) is 38.1 Å². The maximum Gasteiger partial charge on any atom is 0.349 e. The van der Waals surface area contributed by atoms with Crippen LogP contribution in [0.1, 0.15) is 34.6 Å². The zero-order valence-electron chi connectivity index (χ0n) is 16.4. The normalized spacial score (nSPS) is 9.40. The first-order chi connectivity index (χ1) is 14.0. The Morgan fingerprint density at radius 1 is 0.800 bits per heavy atom. The molecule has 0 atom stereocenters. The fourth-order valence-electron chi connectivity index (χ4n) is 1.79. The number of hydrogen-bond acceptors (Lipinski definition) is 7. The molecule has 0 radical (unpaired) electrons. The van der Waals surface area contributed by atoms with E-state index in [2.05, 4.69) is 17.9 Å². The van der Waals surface area contributed by atoms with Crippen molar-refractivity contribution < 1.29 is 38.9 Å². The summed E-state index contributed by atoms with van der Waals surface area (Å²) in [6.07, 6.45) is 0. The number of esters is 3. The van der Waals surface area contributed by atoms with Crippen molar-refractivity contribution in [2.45, 2.75) is 13.8 Å². The molecule has 156 valence electrons. The molecule has 0 heterocycles. The summed E-state index contributed by atoms with van der Waals surface area (Å²) in [7, 11) is 0. The summed E-state index contributed by atoms with van der Waals surface area (Å²) in [6, 6.07) is 11.8. The van der Waals surface area contributed by atoms with E-state index in [9.17, 15) is 24.3 Å². The SMILES string of the molecule is C=C(C)C(=O)OC(=O)c1ccccc1O.C=C(C)C(=O)Oc1ccccc1C(=O)O. The summed E-state index contributed by atoms with van der Waals surface area (Å²) in [5, 5.41) is 18.1. The molecule has 0 fully saturated rings. The fraction of sp³-hybridized carbons (Fsp3) is 0.0909. The molecule has 0 aliphatic carbocycles. The minimum Gasteiger partial charge on any atom is -0.507 e. The molecule has 0 saturated carbocycles. The zero-order chi connectivity index (χ0) is 22.8. The van der Waals surface area contributed by atoms with Crippen LogP contribution in [0.3, 0.4) is 0 Å². The third-order valence-corrected chi connectivity index (χ3v) is 3.33. The van der Waals surface area contributed by atoms with Gasteiger partial charge >= 0.3 is 23.9 Å². The van der Waals surface area contributed by atoms with E-state index in [0.717, 1.165) is 0 Å². The monoisotopic (exact) mass is 412 g/mol. The van der Waals surface area contributed by atoms with Gasteiger partial charge in [0.25, 0.3) is 0 Å². The summed E-state index contributed by atoms with van der Waals surface area (Å²) in [6.45, 7) is 9.66. The highest BCUT2D eigenvalue weighted by Gasteiger charge is 2.16. The van der Waals surface area contributed by atoms with Gasteiger partial charge in [0, 0.05) is 11.1 Å². The molecule has 0 aliphatic heterocycles.